The van der Waals surface area contributed by atoms with Gasteiger partial charge in [-0.1, -0.05) is 42.5 Å². The number of hydrogen-bond donors (Lipinski definition) is 1. The fraction of sp³-hybridized carbons (Fsp3) is 0.167. The third kappa shape index (κ3) is 3.83. The molecule has 1 heterocycles. The molecule has 0 fully saturated rings. The zero-order chi connectivity index (χ0) is 16.1. The van der Waals surface area contributed by atoms with Crippen LogP contribution in [0.15, 0.2) is 67.3 Å². The van der Waals surface area contributed by atoms with E-state index in [9.17, 15) is 4.79 Å². The van der Waals surface area contributed by atoms with E-state index in [0.717, 1.165) is 11.1 Å². The predicted molar refractivity (Wildman–Crippen MR) is 87.9 cm³/mol. The van der Waals surface area contributed by atoms with Crippen LogP contribution in [0.25, 0.3) is 0 Å². The summed E-state index contributed by atoms with van der Waals surface area (Å²) < 4.78 is 1.74. The molecule has 3 aromatic rings. The van der Waals surface area contributed by atoms with Gasteiger partial charge in [-0.05, 0) is 30.2 Å². The van der Waals surface area contributed by atoms with Crippen LogP contribution in [-0.2, 0) is 6.54 Å². The first-order chi connectivity index (χ1) is 11.2. The van der Waals surface area contributed by atoms with Crippen molar-refractivity contribution in [2.45, 2.75) is 19.5 Å². The Kier molecular flexibility index (Phi) is 4.47. The quantitative estimate of drug-likeness (QED) is 0.788. The van der Waals surface area contributed by atoms with Crippen LogP contribution in [0.1, 0.15) is 34.5 Å². The third-order valence-corrected chi connectivity index (χ3v) is 3.67. The van der Waals surface area contributed by atoms with Crippen molar-refractivity contribution in [1.29, 1.82) is 0 Å². The van der Waals surface area contributed by atoms with E-state index in [0.29, 0.717) is 12.1 Å². The monoisotopic (exact) mass is 306 g/mol. The van der Waals surface area contributed by atoms with Gasteiger partial charge >= 0.3 is 0 Å². The van der Waals surface area contributed by atoms with Gasteiger partial charge in [0.25, 0.3) is 5.91 Å². The van der Waals surface area contributed by atoms with Crippen LogP contribution in [-0.4, -0.2) is 20.7 Å². The molecule has 0 aliphatic rings. The number of nitrogens with zero attached hydrogens (tertiary/aromatic N) is 3. The molecule has 0 bridgehead atoms. The van der Waals surface area contributed by atoms with Gasteiger partial charge in [0.05, 0.1) is 12.6 Å². The molecule has 1 atom stereocenters. The van der Waals surface area contributed by atoms with Gasteiger partial charge in [-0.2, -0.15) is 5.10 Å². The van der Waals surface area contributed by atoms with Crippen molar-refractivity contribution in [2.75, 3.05) is 0 Å². The van der Waals surface area contributed by atoms with E-state index in [-0.39, 0.29) is 11.9 Å². The van der Waals surface area contributed by atoms with Crippen molar-refractivity contribution < 1.29 is 4.79 Å². The normalized spacial score (nSPS) is 11.9. The molecule has 1 aromatic heterocycles. The number of carbonyl (C=O) groups excluding carboxylic acids is 1. The number of aromatic nitrogens is 3. The Balaban J connectivity index is 1.63. The highest BCUT2D eigenvalue weighted by atomic mass is 16.1. The molecule has 0 spiro atoms. The molecule has 3 rings (SSSR count). The molecular formula is C18H18N4O. The van der Waals surface area contributed by atoms with Crippen LogP contribution >= 0.6 is 0 Å². The lowest BCUT2D eigenvalue weighted by Crippen LogP contribution is -2.26. The van der Waals surface area contributed by atoms with Gasteiger partial charge in [-0.3, -0.25) is 4.79 Å². The van der Waals surface area contributed by atoms with Crippen molar-refractivity contribution in [3.05, 3.63) is 83.9 Å². The molecule has 2 aromatic carbocycles. The van der Waals surface area contributed by atoms with Gasteiger partial charge in [0.2, 0.25) is 0 Å². The molecule has 5 heteroatoms. The van der Waals surface area contributed by atoms with Crippen molar-refractivity contribution in [2.24, 2.45) is 0 Å². The average Bonchev–Trinajstić information content (AvgIpc) is 3.09. The average molecular weight is 306 g/mol. The van der Waals surface area contributed by atoms with E-state index in [1.165, 1.54) is 6.33 Å². The number of hydrogen-bond acceptors (Lipinski definition) is 3. The smallest absolute Gasteiger partial charge is 0.251 e. The summed E-state index contributed by atoms with van der Waals surface area (Å²) in [4.78, 5) is 16.2. The van der Waals surface area contributed by atoms with Gasteiger partial charge in [0.1, 0.15) is 12.7 Å². The highest BCUT2D eigenvalue weighted by Crippen LogP contribution is 2.13. The summed E-state index contributed by atoms with van der Waals surface area (Å²) in [5.74, 6) is -0.0753. The minimum Gasteiger partial charge on any atom is -0.346 e. The maximum atomic E-state index is 12.3. The lowest BCUT2D eigenvalue weighted by atomic mass is 10.1. The van der Waals surface area contributed by atoms with Crippen LogP contribution in [0, 0.1) is 0 Å². The number of benzene rings is 2. The van der Waals surface area contributed by atoms with Crippen LogP contribution in [0.5, 0.6) is 0 Å². The highest BCUT2D eigenvalue weighted by molar-refractivity contribution is 5.94. The van der Waals surface area contributed by atoms with Crippen molar-refractivity contribution in [3.8, 4) is 0 Å². The van der Waals surface area contributed by atoms with E-state index < -0.39 is 0 Å². The zero-order valence-corrected chi connectivity index (χ0v) is 12.9. The van der Waals surface area contributed by atoms with Gasteiger partial charge in [-0.15, -0.1) is 0 Å². The Morgan fingerprint density at radius 3 is 2.52 bits per heavy atom. The van der Waals surface area contributed by atoms with Crippen LogP contribution in [0.3, 0.4) is 0 Å². The predicted octanol–water partition coefficient (Wildman–Crippen LogP) is 2.82. The molecule has 0 unspecified atom stereocenters. The molecule has 116 valence electrons. The number of carbonyl (C=O) groups is 1. The first-order valence-electron chi connectivity index (χ1n) is 7.49. The van der Waals surface area contributed by atoms with Gasteiger partial charge < -0.3 is 5.32 Å². The first kappa shape index (κ1) is 15.0. The first-order valence-corrected chi connectivity index (χ1v) is 7.49. The van der Waals surface area contributed by atoms with Crippen molar-refractivity contribution >= 4 is 5.91 Å². The summed E-state index contributed by atoms with van der Waals surface area (Å²) in [5, 5.41) is 7.08. The highest BCUT2D eigenvalue weighted by Gasteiger charge is 2.11. The molecule has 0 saturated heterocycles. The van der Waals surface area contributed by atoms with Gasteiger partial charge in [0.15, 0.2) is 0 Å². The second kappa shape index (κ2) is 6.87. The van der Waals surface area contributed by atoms with E-state index in [1.807, 2.05) is 61.5 Å². The lowest BCUT2D eigenvalue weighted by molar-refractivity contribution is 0.0940. The fourth-order valence-electron chi connectivity index (χ4n) is 2.37. The number of amides is 1. The standard InChI is InChI=1S/C18H18N4O/c1-14(16-5-3-2-4-6-16)21-18(23)17-9-7-15(8-10-17)11-22-13-19-12-20-22/h2-10,12-14H,11H2,1H3,(H,21,23)/t14-/m0/s1. The van der Waals surface area contributed by atoms with Gasteiger partial charge in [-0.25, -0.2) is 9.67 Å². The molecule has 23 heavy (non-hydrogen) atoms. The van der Waals surface area contributed by atoms with Crippen molar-refractivity contribution in [1.82, 2.24) is 20.1 Å². The largest absolute Gasteiger partial charge is 0.346 e. The Morgan fingerprint density at radius 2 is 1.87 bits per heavy atom. The summed E-state index contributed by atoms with van der Waals surface area (Å²) in [6.07, 6.45) is 3.18. The minimum absolute atomic E-state index is 0.0291. The number of nitrogens with one attached hydrogen (secondary N) is 1. The summed E-state index contributed by atoms with van der Waals surface area (Å²) in [5.41, 5.74) is 2.81. The molecule has 0 aliphatic heterocycles. The topological polar surface area (TPSA) is 59.8 Å². The molecule has 5 nitrogen and oxygen atoms in total. The Bertz CT molecular complexity index is 751. The fourth-order valence-corrected chi connectivity index (χ4v) is 2.37. The molecule has 1 amide bonds. The van der Waals surface area contributed by atoms with Gasteiger partial charge in [0, 0.05) is 5.56 Å². The summed E-state index contributed by atoms with van der Waals surface area (Å²) in [6, 6.07) is 17.4. The lowest BCUT2D eigenvalue weighted by Gasteiger charge is -2.14. The Labute approximate surface area is 135 Å². The molecular weight excluding hydrogens is 288 g/mol. The number of rotatable bonds is 5. The molecule has 0 aliphatic carbocycles. The summed E-state index contributed by atoms with van der Waals surface area (Å²) >= 11 is 0. The zero-order valence-electron chi connectivity index (χ0n) is 12.9. The second-order valence-corrected chi connectivity index (χ2v) is 5.40. The molecule has 0 saturated carbocycles. The van der Waals surface area contributed by atoms with Crippen LogP contribution < -0.4 is 5.32 Å². The van der Waals surface area contributed by atoms with E-state index >= 15 is 0 Å². The Hall–Kier alpha value is -2.95. The molecule has 1 N–H and O–H groups in total. The molecule has 0 radical (unpaired) electrons. The second-order valence-electron chi connectivity index (χ2n) is 5.40. The summed E-state index contributed by atoms with van der Waals surface area (Å²) in [7, 11) is 0. The SMILES string of the molecule is C[C@H](NC(=O)c1ccc(Cn2cncn2)cc1)c1ccccc1. The van der Waals surface area contributed by atoms with E-state index in [1.54, 1.807) is 11.0 Å². The minimum atomic E-state index is -0.0753. The Morgan fingerprint density at radius 1 is 1.13 bits per heavy atom. The maximum absolute atomic E-state index is 12.3. The maximum Gasteiger partial charge on any atom is 0.251 e. The van der Waals surface area contributed by atoms with Crippen LogP contribution in [0.4, 0.5) is 0 Å². The van der Waals surface area contributed by atoms with E-state index in [4.69, 9.17) is 0 Å². The third-order valence-electron chi connectivity index (χ3n) is 3.67. The van der Waals surface area contributed by atoms with Crippen molar-refractivity contribution in [3.63, 3.8) is 0 Å². The summed E-state index contributed by atoms with van der Waals surface area (Å²) in [6.45, 7) is 2.62. The van der Waals surface area contributed by atoms with E-state index in [2.05, 4.69) is 15.4 Å². The van der Waals surface area contributed by atoms with Crippen LogP contribution in [0.2, 0.25) is 0 Å².